The van der Waals surface area contributed by atoms with E-state index in [1.807, 2.05) is 65.0 Å². The minimum atomic E-state index is -0.892. The molecule has 9 heteroatoms. The van der Waals surface area contributed by atoms with Gasteiger partial charge >= 0.3 is 29.0 Å². The SMILES string of the molecule is C=CC1=C(C)C2=NC/1=C\c1[n-]c(/c(=C/C)c1C)=C\c1[n-]c(c(CCC(=O)O)c1C)/C=c1\[n-]/c(c(C)c1CCC(=O)O)=C\2.[Fe+2]. The number of carboxylic acid groups (broad SMARTS) is 2. The summed E-state index contributed by atoms with van der Waals surface area (Å²) in [6.45, 7) is 13.9. The number of nitrogens with zero attached hydrogens (tertiary/aromatic N) is 4. The summed E-state index contributed by atoms with van der Waals surface area (Å²) in [5.74, 6) is -1.78. The van der Waals surface area contributed by atoms with E-state index < -0.39 is 11.9 Å². The number of aliphatic imine (C=N–C) groups is 1. The first-order chi connectivity index (χ1) is 20.0. The largest absolute Gasteiger partial charge is 2.00 e. The molecule has 0 aromatic carbocycles. The number of carboxylic acids is 2. The predicted molar refractivity (Wildman–Crippen MR) is 164 cm³/mol. The van der Waals surface area contributed by atoms with Gasteiger partial charge in [0.1, 0.15) is 0 Å². The minimum Gasteiger partial charge on any atom is -0.657 e. The van der Waals surface area contributed by atoms with Gasteiger partial charge in [-0.2, -0.15) is 0 Å². The molecule has 0 atom stereocenters. The molecule has 0 aliphatic carbocycles. The van der Waals surface area contributed by atoms with Crippen molar-refractivity contribution < 1.29 is 36.9 Å². The summed E-state index contributed by atoms with van der Waals surface area (Å²) >= 11 is 0. The maximum atomic E-state index is 11.5. The summed E-state index contributed by atoms with van der Waals surface area (Å²) in [5.41, 5.74) is 9.98. The number of rotatable bonds is 7. The van der Waals surface area contributed by atoms with Crippen molar-refractivity contribution in [2.75, 3.05) is 0 Å². The number of carbonyl (C=O) groups is 2. The van der Waals surface area contributed by atoms with Crippen LogP contribution in [0.15, 0.2) is 34.5 Å². The van der Waals surface area contributed by atoms with Crippen molar-refractivity contribution in [3.63, 3.8) is 0 Å². The second kappa shape index (κ2) is 12.5. The van der Waals surface area contributed by atoms with Gasteiger partial charge in [-0.15, -0.1) is 33.1 Å². The maximum Gasteiger partial charge on any atom is 2.00 e. The van der Waals surface area contributed by atoms with Crippen LogP contribution in [0.3, 0.4) is 0 Å². The van der Waals surface area contributed by atoms with Gasteiger partial charge in [0.25, 0.3) is 0 Å². The van der Waals surface area contributed by atoms with Gasteiger partial charge in [0.2, 0.25) is 0 Å². The van der Waals surface area contributed by atoms with Crippen LogP contribution in [-0.2, 0) is 39.5 Å². The van der Waals surface area contributed by atoms with Gasteiger partial charge in [0.05, 0.1) is 11.4 Å². The van der Waals surface area contributed by atoms with Crippen LogP contribution in [0.1, 0.15) is 71.6 Å². The topological polar surface area (TPSA) is 129 Å². The van der Waals surface area contributed by atoms with Gasteiger partial charge in [0, 0.05) is 18.4 Å². The van der Waals surface area contributed by atoms with E-state index in [0.29, 0.717) is 34.9 Å². The molecular weight excluding hydrogens is 584 g/mol. The van der Waals surface area contributed by atoms with Gasteiger partial charge in [-0.3, -0.25) is 9.59 Å². The average Bonchev–Trinajstić information content (AvgIpc) is 3.59. The molecule has 3 aromatic heterocycles. The molecule has 0 radical (unpaired) electrons. The number of fused-ring (bicyclic) bond motifs is 7. The number of aliphatic carboxylic acids is 2. The zero-order chi connectivity index (χ0) is 30.3. The molecule has 43 heavy (non-hydrogen) atoms. The number of aromatic nitrogens is 3. The predicted octanol–water partition coefficient (Wildman–Crippen LogP) is 2.07. The van der Waals surface area contributed by atoms with E-state index in [4.69, 9.17) is 19.9 Å². The van der Waals surface area contributed by atoms with Gasteiger partial charge < -0.3 is 25.2 Å². The Balaban J connectivity index is 0.00000423. The van der Waals surface area contributed by atoms with E-state index in [-0.39, 0.29) is 29.9 Å². The summed E-state index contributed by atoms with van der Waals surface area (Å²) in [6.07, 6.45) is 12.1. The first kappa shape index (κ1) is 31.6. The molecule has 0 spiro atoms. The van der Waals surface area contributed by atoms with Crippen molar-refractivity contribution >= 4 is 48.0 Å². The smallest absolute Gasteiger partial charge is 0.657 e. The molecule has 5 heterocycles. The zero-order valence-electron chi connectivity index (χ0n) is 24.9. The van der Waals surface area contributed by atoms with Crippen molar-refractivity contribution in [1.29, 1.82) is 0 Å². The monoisotopic (exact) mass is 617 g/mol. The number of allylic oxidation sites excluding steroid dienone is 2. The van der Waals surface area contributed by atoms with Crippen LogP contribution < -0.4 is 36.2 Å². The summed E-state index contributed by atoms with van der Waals surface area (Å²) < 4.78 is 0. The molecule has 0 unspecified atom stereocenters. The molecule has 8 bridgehead atoms. The molecular formula is C34H33FeN4O4-. The van der Waals surface area contributed by atoms with Crippen LogP contribution in [0.5, 0.6) is 0 Å². The van der Waals surface area contributed by atoms with E-state index in [1.165, 1.54) is 0 Å². The Labute approximate surface area is 260 Å². The van der Waals surface area contributed by atoms with E-state index in [1.54, 1.807) is 6.08 Å². The van der Waals surface area contributed by atoms with E-state index >= 15 is 0 Å². The van der Waals surface area contributed by atoms with Crippen molar-refractivity contribution in [1.82, 2.24) is 15.0 Å². The quantitative estimate of drug-likeness (QED) is 0.389. The van der Waals surface area contributed by atoms with Crippen molar-refractivity contribution in [3.05, 3.63) is 95.7 Å². The molecule has 2 N–H and O–H groups in total. The number of hydrogen-bond donors (Lipinski definition) is 2. The van der Waals surface area contributed by atoms with Crippen LogP contribution in [0.4, 0.5) is 0 Å². The Morgan fingerprint density at radius 1 is 0.791 bits per heavy atom. The molecule has 2 aliphatic heterocycles. The first-order valence-corrected chi connectivity index (χ1v) is 13.9. The third kappa shape index (κ3) is 5.96. The summed E-state index contributed by atoms with van der Waals surface area (Å²) in [5, 5.41) is 22.0. The Kier molecular flexibility index (Phi) is 9.18. The first-order valence-electron chi connectivity index (χ1n) is 13.9. The molecule has 0 saturated carbocycles. The normalized spacial score (nSPS) is 17.9. The fourth-order valence-electron chi connectivity index (χ4n) is 5.72. The Bertz CT molecular complexity index is 2010. The van der Waals surface area contributed by atoms with Crippen LogP contribution in [0.2, 0.25) is 0 Å². The van der Waals surface area contributed by atoms with Gasteiger partial charge in [0.15, 0.2) is 0 Å². The molecule has 3 aromatic rings. The molecule has 2 aliphatic rings. The zero-order valence-corrected chi connectivity index (χ0v) is 26.0. The van der Waals surface area contributed by atoms with E-state index in [0.717, 1.165) is 66.6 Å². The van der Waals surface area contributed by atoms with Crippen molar-refractivity contribution in [2.45, 2.75) is 60.3 Å². The van der Waals surface area contributed by atoms with Crippen LogP contribution in [0, 0.1) is 20.8 Å². The standard InChI is InChI=1S/C34H35N4O4.Fe/c1-7-21-17(3)25-13-26-19(5)23(9-11-33(39)40)31(37-26)16-32-24(10-12-34(41)42)20(6)28(38-32)15-30-22(8-2)18(4)27(36-30)14-29(21)35-25;/h7-8,13-16H,1,9-12H2,2-6H3,(H4-,35,36,37,38,39,40,41,42);/q-1;+2/p-2/b22-8+,29-14-;. The Morgan fingerprint density at radius 3 is 2.05 bits per heavy atom. The van der Waals surface area contributed by atoms with Gasteiger partial charge in [-0.25, -0.2) is 4.99 Å². The van der Waals surface area contributed by atoms with Crippen molar-refractivity contribution in [2.24, 2.45) is 4.99 Å². The Hall–Kier alpha value is -4.33. The summed E-state index contributed by atoms with van der Waals surface area (Å²) in [4.78, 5) is 42.8. The van der Waals surface area contributed by atoms with Crippen molar-refractivity contribution in [3.8, 4) is 0 Å². The molecule has 0 fully saturated rings. The molecule has 5 rings (SSSR count). The summed E-state index contributed by atoms with van der Waals surface area (Å²) in [7, 11) is 0. The third-order valence-corrected chi connectivity index (χ3v) is 8.15. The van der Waals surface area contributed by atoms with Gasteiger partial charge in [-0.05, 0) is 58.3 Å². The average molecular weight is 618 g/mol. The maximum absolute atomic E-state index is 11.5. The van der Waals surface area contributed by atoms with Crippen LogP contribution in [0.25, 0.3) is 30.4 Å². The fourth-order valence-corrected chi connectivity index (χ4v) is 5.72. The molecule has 0 saturated heterocycles. The third-order valence-electron chi connectivity index (χ3n) is 8.15. The summed E-state index contributed by atoms with van der Waals surface area (Å²) in [6, 6.07) is 0. The second-order valence-electron chi connectivity index (χ2n) is 10.7. The fraction of sp³-hybridized carbons (Fsp3) is 0.265. The van der Waals surface area contributed by atoms with Crippen LogP contribution >= 0.6 is 0 Å². The minimum absolute atomic E-state index is 0. The van der Waals surface area contributed by atoms with E-state index in [2.05, 4.69) is 6.58 Å². The number of hydrogen-bond acceptors (Lipinski definition) is 3. The van der Waals surface area contributed by atoms with Crippen LogP contribution in [-0.4, -0.2) is 27.9 Å². The Morgan fingerprint density at radius 2 is 1.42 bits per heavy atom. The van der Waals surface area contributed by atoms with E-state index in [9.17, 15) is 19.8 Å². The molecule has 222 valence electrons. The molecule has 8 nitrogen and oxygen atoms in total. The molecule has 0 amide bonds. The second-order valence-corrected chi connectivity index (χ2v) is 10.7. The van der Waals surface area contributed by atoms with Gasteiger partial charge in [-0.1, -0.05) is 70.9 Å².